The van der Waals surface area contributed by atoms with Gasteiger partial charge < -0.3 is 10.4 Å². The Kier molecular flexibility index (Phi) is 2.25. The average Bonchev–Trinajstić information content (AvgIpc) is 2.89. The molecular weight excluding hydrogens is 166 g/mol. The van der Waals surface area contributed by atoms with Gasteiger partial charge in [0, 0.05) is 18.3 Å². The molecule has 0 amide bonds. The van der Waals surface area contributed by atoms with E-state index in [9.17, 15) is 4.79 Å². The van der Waals surface area contributed by atoms with Crippen molar-refractivity contribution in [2.45, 2.75) is 31.7 Å². The first-order chi connectivity index (χ1) is 6.27. The van der Waals surface area contributed by atoms with E-state index in [1.54, 1.807) is 6.20 Å². The van der Waals surface area contributed by atoms with Crippen LogP contribution in [0.25, 0.3) is 0 Å². The number of aliphatic carboxylic acids is 1. The number of carboxylic acid groups (broad SMARTS) is 1. The van der Waals surface area contributed by atoms with Crippen LogP contribution < -0.4 is 5.32 Å². The maximum absolute atomic E-state index is 10.2. The van der Waals surface area contributed by atoms with Crippen LogP contribution in [0, 0.1) is 11.8 Å². The molecule has 2 fully saturated rings. The molecule has 0 aromatic rings. The van der Waals surface area contributed by atoms with E-state index in [-0.39, 0.29) is 0 Å². The Hall–Kier alpha value is -0.990. The van der Waals surface area contributed by atoms with Gasteiger partial charge in [-0.25, -0.2) is 4.79 Å². The molecule has 0 aliphatic heterocycles. The summed E-state index contributed by atoms with van der Waals surface area (Å²) in [5, 5.41) is 11.6. The third-order valence-corrected chi connectivity index (χ3v) is 2.77. The lowest BCUT2D eigenvalue weighted by Gasteiger charge is -2.14. The second kappa shape index (κ2) is 3.40. The Morgan fingerprint density at radius 1 is 1.31 bits per heavy atom. The molecule has 3 heteroatoms. The van der Waals surface area contributed by atoms with E-state index in [4.69, 9.17) is 5.11 Å². The highest BCUT2D eigenvalue weighted by molar-refractivity contribution is 5.79. The molecule has 0 aromatic carbocycles. The Bertz CT molecular complexity index is 217. The number of hydrogen-bond acceptors (Lipinski definition) is 2. The minimum absolute atomic E-state index is 0.551. The first-order valence-electron chi connectivity index (χ1n) is 4.93. The van der Waals surface area contributed by atoms with E-state index >= 15 is 0 Å². The molecule has 0 saturated heterocycles. The van der Waals surface area contributed by atoms with Gasteiger partial charge in [-0.2, -0.15) is 0 Å². The van der Waals surface area contributed by atoms with Gasteiger partial charge in [-0.3, -0.25) is 0 Å². The molecule has 0 radical (unpaired) electrons. The molecule has 0 atom stereocenters. The molecule has 0 aromatic heterocycles. The van der Waals surface area contributed by atoms with Crippen LogP contribution in [0.1, 0.15) is 25.7 Å². The van der Waals surface area contributed by atoms with Crippen molar-refractivity contribution in [1.29, 1.82) is 0 Å². The second-order valence-electron chi connectivity index (χ2n) is 4.04. The molecular formula is C10H15NO2. The normalized spacial score (nSPS) is 22.5. The molecule has 2 saturated carbocycles. The van der Waals surface area contributed by atoms with E-state index in [2.05, 4.69) is 5.32 Å². The van der Waals surface area contributed by atoms with Crippen molar-refractivity contribution in [3.63, 3.8) is 0 Å². The van der Waals surface area contributed by atoms with Gasteiger partial charge in [-0.05, 0) is 37.5 Å². The lowest BCUT2D eigenvalue weighted by molar-refractivity contribution is -0.131. The third kappa shape index (κ3) is 2.47. The maximum atomic E-state index is 10.2. The smallest absolute Gasteiger partial charge is 0.329 e. The SMILES string of the molecule is O=C(O)/C=C/NC(C1CC1)C1CC1. The van der Waals surface area contributed by atoms with Crippen LogP contribution in [0.15, 0.2) is 12.3 Å². The van der Waals surface area contributed by atoms with Crippen LogP contribution in [0.3, 0.4) is 0 Å². The van der Waals surface area contributed by atoms with Gasteiger partial charge in [-0.15, -0.1) is 0 Å². The summed E-state index contributed by atoms with van der Waals surface area (Å²) in [5.41, 5.74) is 0. The number of rotatable bonds is 5. The number of nitrogens with one attached hydrogen (secondary N) is 1. The predicted molar refractivity (Wildman–Crippen MR) is 49.1 cm³/mol. The van der Waals surface area contributed by atoms with Crippen LogP contribution in [0.2, 0.25) is 0 Å². The molecule has 0 bridgehead atoms. The van der Waals surface area contributed by atoms with Crippen molar-refractivity contribution in [2.75, 3.05) is 0 Å². The zero-order valence-electron chi connectivity index (χ0n) is 7.57. The molecule has 3 nitrogen and oxygen atoms in total. The van der Waals surface area contributed by atoms with E-state index in [1.165, 1.54) is 31.8 Å². The molecule has 0 spiro atoms. The summed E-state index contributed by atoms with van der Waals surface area (Å²) in [4.78, 5) is 10.2. The summed E-state index contributed by atoms with van der Waals surface area (Å²) in [6, 6.07) is 0.551. The van der Waals surface area contributed by atoms with Crippen molar-refractivity contribution in [3.05, 3.63) is 12.3 Å². The van der Waals surface area contributed by atoms with Crippen LogP contribution >= 0.6 is 0 Å². The van der Waals surface area contributed by atoms with Crippen molar-refractivity contribution in [2.24, 2.45) is 11.8 Å². The fraction of sp³-hybridized carbons (Fsp3) is 0.700. The van der Waals surface area contributed by atoms with Gasteiger partial charge in [0.15, 0.2) is 0 Å². The van der Waals surface area contributed by atoms with Crippen molar-refractivity contribution in [1.82, 2.24) is 5.32 Å². The second-order valence-corrected chi connectivity index (χ2v) is 4.04. The van der Waals surface area contributed by atoms with Crippen molar-refractivity contribution in [3.8, 4) is 0 Å². The summed E-state index contributed by atoms with van der Waals surface area (Å²) < 4.78 is 0. The topological polar surface area (TPSA) is 49.3 Å². The first-order valence-corrected chi connectivity index (χ1v) is 4.93. The lowest BCUT2D eigenvalue weighted by Crippen LogP contribution is -2.28. The molecule has 13 heavy (non-hydrogen) atoms. The fourth-order valence-corrected chi connectivity index (χ4v) is 1.80. The van der Waals surface area contributed by atoms with Gasteiger partial charge >= 0.3 is 5.97 Å². The van der Waals surface area contributed by atoms with Crippen molar-refractivity contribution < 1.29 is 9.90 Å². The van der Waals surface area contributed by atoms with Crippen LogP contribution in [-0.2, 0) is 4.79 Å². The number of hydrogen-bond donors (Lipinski definition) is 2. The predicted octanol–water partition coefficient (Wildman–Crippen LogP) is 1.36. The summed E-state index contributed by atoms with van der Waals surface area (Å²) in [6.07, 6.45) is 8.02. The minimum atomic E-state index is -0.877. The molecule has 2 aliphatic rings. The molecule has 2 N–H and O–H groups in total. The number of carbonyl (C=O) groups is 1. The monoisotopic (exact) mass is 181 g/mol. The van der Waals surface area contributed by atoms with Gasteiger partial charge in [0.25, 0.3) is 0 Å². The van der Waals surface area contributed by atoms with Gasteiger partial charge in [0.2, 0.25) is 0 Å². The van der Waals surface area contributed by atoms with E-state index in [0.29, 0.717) is 6.04 Å². The third-order valence-electron chi connectivity index (χ3n) is 2.77. The zero-order chi connectivity index (χ0) is 9.26. The Labute approximate surface area is 77.8 Å². The highest BCUT2D eigenvalue weighted by Crippen LogP contribution is 2.44. The Morgan fingerprint density at radius 2 is 1.85 bits per heavy atom. The molecule has 72 valence electrons. The summed E-state index contributed by atoms with van der Waals surface area (Å²) in [5.74, 6) is 0.745. The quantitative estimate of drug-likeness (QED) is 0.630. The Morgan fingerprint density at radius 3 is 2.23 bits per heavy atom. The average molecular weight is 181 g/mol. The zero-order valence-corrected chi connectivity index (χ0v) is 7.57. The summed E-state index contributed by atoms with van der Waals surface area (Å²) >= 11 is 0. The summed E-state index contributed by atoms with van der Waals surface area (Å²) in [6.45, 7) is 0. The van der Waals surface area contributed by atoms with Crippen LogP contribution in [0.4, 0.5) is 0 Å². The van der Waals surface area contributed by atoms with Crippen LogP contribution in [0.5, 0.6) is 0 Å². The largest absolute Gasteiger partial charge is 0.478 e. The molecule has 0 heterocycles. The van der Waals surface area contributed by atoms with E-state index in [0.717, 1.165) is 11.8 Å². The van der Waals surface area contributed by atoms with Crippen LogP contribution in [-0.4, -0.2) is 17.1 Å². The molecule has 2 aliphatic carbocycles. The fourth-order valence-electron chi connectivity index (χ4n) is 1.80. The first kappa shape index (κ1) is 8.60. The standard InChI is InChI=1S/C10H15NO2/c12-9(13)5-6-11-10(7-1-2-7)8-3-4-8/h5-8,10-11H,1-4H2,(H,12,13)/b6-5+. The summed E-state index contributed by atoms with van der Waals surface area (Å²) in [7, 11) is 0. The van der Waals surface area contributed by atoms with Gasteiger partial charge in [0.05, 0.1) is 0 Å². The molecule has 2 rings (SSSR count). The Balaban J connectivity index is 1.79. The minimum Gasteiger partial charge on any atom is -0.478 e. The van der Waals surface area contributed by atoms with Gasteiger partial charge in [-0.1, -0.05) is 0 Å². The lowest BCUT2D eigenvalue weighted by atomic mass is 10.1. The van der Waals surface area contributed by atoms with Gasteiger partial charge in [0.1, 0.15) is 0 Å². The number of carboxylic acids is 1. The van der Waals surface area contributed by atoms with E-state index < -0.39 is 5.97 Å². The maximum Gasteiger partial charge on any atom is 0.329 e. The molecule has 0 unspecified atom stereocenters. The van der Waals surface area contributed by atoms with E-state index in [1.807, 2.05) is 0 Å². The highest BCUT2D eigenvalue weighted by atomic mass is 16.4. The highest BCUT2D eigenvalue weighted by Gasteiger charge is 2.40. The van der Waals surface area contributed by atoms with Crippen molar-refractivity contribution >= 4 is 5.97 Å².